The Bertz CT molecular complexity index is 396. The fraction of sp³-hybridized carbons (Fsp3) is 0.696. The first-order valence-electron chi connectivity index (χ1n) is 10.4. The van der Waals surface area contributed by atoms with E-state index in [1.165, 1.54) is 63.4 Å². The summed E-state index contributed by atoms with van der Waals surface area (Å²) < 4.78 is 0. The third-order valence-corrected chi connectivity index (χ3v) is 4.82. The molecule has 1 nitrogen and oxygen atoms in total. The van der Waals surface area contributed by atoms with Crippen molar-refractivity contribution in [2.75, 3.05) is 0 Å². The fourth-order valence-electron chi connectivity index (χ4n) is 3.23. The normalized spacial score (nSPS) is 10.9. The Balaban J connectivity index is 1.83. The van der Waals surface area contributed by atoms with Gasteiger partial charge >= 0.3 is 0 Å². The molecule has 1 rings (SSSR count). The van der Waals surface area contributed by atoms with Gasteiger partial charge in [-0.25, -0.2) is 0 Å². The number of unbranched alkanes of at least 4 members (excludes halogenated alkanes) is 10. The van der Waals surface area contributed by atoms with Crippen LogP contribution in [0, 0.1) is 0 Å². The second kappa shape index (κ2) is 15.4. The highest BCUT2D eigenvalue weighted by Crippen LogP contribution is 2.13. The molecule has 24 heavy (non-hydrogen) atoms. The van der Waals surface area contributed by atoms with Crippen molar-refractivity contribution in [3.05, 3.63) is 35.9 Å². The number of hydrogen-bond acceptors (Lipinski definition) is 1. The van der Waals surface area contributed by atoms with Crippen LogP contribution in [-0.4, -0.2) is 5.78 Å². The predicted molar refractivity (Wildman–Crippen MR) is 105 cm³/mol. The number of ketones is 1. The lowest BCUT2D eigenvalue weighted by Crippen LogP contribution is -1.98. The van der Waals surface area contributed by atoms with E-state index in [9.17, 15) is 4.79 Å². The van der Waals surface area contributed by atoms with E-state index < -0.39 is 0 Å². The number of hydrogen-bond donors (Lipinski definition) is 0. The van der Waals surface area contributed by atoms with Crippen LogP contribution in [0.1, 0.15) is 102 Å². The molecule has 0 unspecified atom stereocenters. The maximum atomic E-state index is 11.9. The van der Waals surface area contributed by atoms with Crippen LogP contribution in [0.2, 0.25) is 0 Å². The SMILES string of the molecule is CCCCCCCCCCCCC(=O)CCCCc1ccccc1. The van der Waals surface area contributed by atoms with E-state index in [-0.39, 0.29) is 0 Å². The first-order valence-corrected chi connectivity index (χ1v) is 10.4. The van der Waals surface area contributed by atoms with E-state index >= 15 is 0 Å². The van der Waals surface area contributed by atoms with Crippen LogP contribution in [-0.2, 0) is 11.2 Å². The van der Waals surface area contributed by atoms with Crippen molar-refractivity contribution < 1.29 is 4.79 Å². The van der Waals surface area contributed by atoms with Crippen LogP contribution in [0.5, 0.6) is 0 Å². The molecule has 136 valence electrons. The summed E-state index contributed by atoms with van der Waals surface area (Å²) in [6, 6.07) is 10.6. The largest absolute Gasteiger partial charge is 0.300 e. The van der Waals surface area contributed by atoms with Crippen LogP contribution < -0.4 is 0 Å². The first-order chi connectivity index (χ1) is 11.8. The van der Waals surface area contributed by atoms with E-state index in [0.717, 1.165) is 38.5 Å². The zero-order valence-corrected chi connectivity index (χ0v) is 15.9. The molecular formula is C23H38O. The van der Waals surface area contributed by atoms with Gasteiger partial charge in [-0.1, -0.05) is 95.0 Å². The molecule has 1 aromatic carbocycles. The Labute approximate surface area is 150 Å². The molecule has 0 amide bonds. The smallest absolute Gasteiger partial charge is 0.132 e. The van der Waals surface area contributed by atoms with Crippen LogP contribution in [0.15, 0.2) is 30.3 Å². The van der Waals surface area contributed by atoms with Gasteiger partial charge in [-0.15, -0.1) is 0 Å². The Morgan fingerprint density at radius 3 is 1.75 bits per heavy atom. The molecule has 0 bridgehead atoms. The van der Waals surface area contributed by atoms with Gasteiger partial charge in [0.1, 0.15) is 5.78 Å². The Morgan fingerprint density at radius 1 is 0.667 bits per heavy atom. The van der Waals surface area contributed by atoms with E-state index in [1.807, 2.05) is 0 Å². The Morgan fingerprint density at radius 2 is 1.17 bits per heavy atom. The Hall–Kier alpha value is -1.11. The molecule has 0 fully saturated rings. The number of carbonyl (C=O) groups excluding carboxylic acids is 1. The zero-order chi connectivity index (χ0) is 17.3. The average Bonchev–Trinajstić information content (AvgIpc) is 2.61. The average molecular weight is 331 g/mol. The van der Waals surface area contributed by atoms with Gasteiger partial charge in [0.2, 0.25) is 0 Å². The van der Waals surface area contributed by atoms with Gasteiger partial charge in [-0.05, 0) is 31.2 Å². The minimum atomic E-state index is 0.475. The summed E-state index contributed by atoms with van der Waals surface area (Å²) in [6.45, 7) is 2.27. The number of aryl methyl sites for hydroxylation is 1. The monoisotopic (exact) mass is 330 g/mol. The summed E-state index contributed by atoms with van der Waals surface area (Å²) in [5.41, 5.74) is 1.39. The molecule has 0 spiro atoms. The highest BCUT2D eigenvalue weighted by Gasteiger charge is 2.02. The molecule has 0 radical (unpaired) electrons. The van der Waals surface area contributed by atoms with Crippen LogP contribution >= 0.6 is 0 Å². The molecule has 0 atom stereocenters. The maximum Gasteiger partial charge on any atom is 0.132 e. The van der Waals surface area contributed by atoms with Gasteiger partial charge in [-0.2, -0.15) is 0 Å². The van der Waals surface area contributed by atoms with Gasteiger partial charge in [0.15, 0.2) is 0 Å². The summed E-state index contributed by atoms with van der Waals surface area (Å²) in [7, 11) is 0. The minimum absolute atomic E-state index is 0.475. The van der Waals surface area contributed by atoms with E-state index in [0.29, 0.717) is 5.78 Å². The third kappa shape index (κ3) is 12.3. The second-order valence-corrected chi connectivity index (χ2v) is 7.16. The topological polar surface area (TPSA) is 17.1 Å². The molecule has 0 aliphatic carbocycles. The van der Waals surface area contributed by atoms with Crippen molar-refractivity contribution in [2.45, 2.75) is 103 Å². The van der Waals surface area contributed by atoms with Crippen molar-refractivity contribution in [2.24, 2.45) is 0 Å². The van der Waals surface area contributed by atoms with Crippen molar-refractivity contribution in [1.29, 1.82) is 0 Å². The summed E-state index contributed by atoms with van der Waals surface area (Å²) in [5, 5.41) is 0. The van der Waals surface area contributed by atoms with E-state index in [2.05, 4.69) is 37.3 Å². The lowest BCUT2D eigenvalue weighted by molar-refractivity contribution is -0.119. The zero-order valence-electron chi connectivity index (χ0n) is 15.9. The van der Waals surface area contributed by atoms with Gasteiger partial charge in [0.25, 0.3) is 0 Å². The molecule has 0 saturated heterocycles. The molecule has 0 heterocycles. The number of Topliss-reactive ketones (excluding diaryl/α,β-unsaturated/α-hetero) is 1. The molecule has 0 aliphatic rings. The quantitative estimate of drug-likeness (QED) is 0.291. The van der Waals surface area contributed by atoms with Crippen molar-refractivity contribution >= 4 is 5.78 Å². The molecule has 0 aromatic heterocycles. The molecule has 1 heteroatoms. The van der Waals surface area contributed by atoms with Gasteiger partial charge in [0.05, 0.1) is 0 Å². The molecular weight excluding hydrogens is 292 g/mol. The summed E-state index contributed by atoms with van der Waals surface area (Å²) in [4.78, 5) is 11.9. The van der Waals surface area contributed by atoms with Gasteiger partial charge in [0, 0.05) is 12.8 Å². The number of carbonyl (C=O) groups is 1. The predicted octanol–water partition coefficient (Wildman–Crippen LogP) is 7.28. The molecule has 0 N–H and O–H groups in total. The van der Waals surface area contributed by atoms with E-state index in [4.69, 9.17) is 0 Å². The summed E-state index contributed by atoms with van der Waals surface area (Å²) >= 11 is 0. The number of rotatable bonds is 16. The van der Waals surface area contributed by atoms with Crippen LogP contribution in [0.25, 0.3) is 0 Å². The van der Waals surface area contributed by atoms with Crippen molar-refractivity contribution in [3.8, 4) is 0 Å². The minimum Gasteiger partial charge on any atom is -0.300 e. The first kappa shape index (κ1) is 20.9. The van der Waals surface area contributed by atoms with Crippen LogP contribution in [0.3, 0.4) is 0 Å². The third-order valence-electron chi connectivity index (χ3n) is 4.82. The molecule has 1 aromatic rings. The lowest BCUT2D eigenvalue weighted by Gasteiger charge is -2.03. The highest BCUT2D eigenvalue weighted by molar-refractivity contribution is 5.78. The maximum absolute atomic E-state index is 11.9. The van der Waals surface area contributed by atoms with Crippen LogP contribution in [0.4, 0.5) is 0 Å². The highest BCUT2D eigenvalue weighted by atomic mass is 16.1. The summed E-state index contributed by atoms with van der Waals surface area (Å²) in [6.07, 6.45) is 18.2. The van der Waals surface area contributed by atoms with Gasteiger partial charge < -0.3 is 0 Å². The van der Waals surface area contributed by atoms with Crippen molar-refractivity contribution in [3.63, 3.8) is 0 Å². The van der Waals surface area contributed by atoms with Crippen molar-refractivity contribution in [1.82, 2.24) is 0 Å². The standard InChI is InChI=1S/C23H38O/c1-2-3-4-5-6-7-8-9-10-14-20-23(24)21-16-15-19-22-17-12-11-13-18-22/h11-13,17-18H,2-10,14-16,19-21H2,1H3. The second-order valence-electron chi connectivity index (χ2n) is 7.16. The fourth-order valence-corrected chi connectivity index (χ4v) is 3.23. The molecule has 0 aliphatic heterocycles. The van der Waals surface area contributed by atoms with Gasteiger partial charge in [-0.3, -0.25) is 4.79 Å². The lowest BCUT2D eigenvalue weighted by atomic mass is 10.0. The Kier molecular flexibility index (Phi) is 13.4. The number of benzene rings is 1. The summed E-state index contributed by atoms with van der Waals surface area (Å²) in [5.74, 6) is 0.475. The van der Waals surface area contributed by atoms with E-state index in [1.54, 1.807) is 0 Å². The molecule has 0 saturated carbocycles.